The van der Waals surface area contributed by atoms with Gasteiger partial charge in [-0.2, -0.15) is 22.0 Å². The summed E-state index contributed by atoms with van der Waals surface area (Å²) in [6.45, 7) is 0. The van der Waals surface area contributed by atoms with E-state index < -0.39 is 58.5 Å². The molecule has 0 aliphatic heterocycles. The number of hydrogen-bond donors (Lipinski definition) is 0. The number of alkyl halides is 3. The minimum Gasteiger partial charge on any atom is -0.394 e. The number of halogens is 8. The highest BCUT2D eigenvalue weighted by molar-refractivity contribution is 5.68. The van der Waals surface area contributed by atoms with Gasteiger partial charge in [0.15, 0.2) is 0 Å². The maximum Gasteiger partial charge on any atom is 0.519 e. The first kappa shape index (κ1) is 18.5. The molecule has 0 fully saturated rings. The molecule has 0 aliphatic rings. The van der Waals surface area contributed by atoms with E-state index in [0.717, 1.165) is 12.1 Å². The molecule has 25 heavy (non-hydrogen) atoms. The lowest BCUT2D eigenvalue weighted by Crippen LogP contribution is -2.19. The van der Waals surface area contributed by atoms with E-state index in [1.807, 2.05) is 0 Å². The van der Waals surface area contributed by atoms with Crippen molar-refractivity contribution in [3.05, 3.63) is 58.9 Å². The Morgan fingerprint density at radius 2 is 1.24 bits per heavy atom. The van der Waals surface area contributed by atoms with E-state index in [0.29, 0.717) is 12.1 Å². The minimum absolute atomic E-state index is 0.529. The van der Waals surface area contributed by atoms with Gasteiger partial charge in [-0.1, -0.05) is 12.1 Å². The molecule has 0 atom stereocenters. The van der Waals surface area contributed by atoms with Gasteiger partial charge in [-0.25, -0.2) is 18.0 Å². The Morgan fingerprint density at radius 3 is 1.76 bits per heavy atom. The Balaban J connectivity index is 2.32. The fourth-order valence-electron chi connectivity index (χ4n) is 1.66. The summed E-state index contributed by atoms with van der Waals surface area (Å²) in [7, 11) is 0. The molecule has 134 valence electrons. The molecule has 0 heterocycles. The predicted molar refractivity (Wildman–Crippen MR) is 64.3 cm³/mol. The smallest absolute Gasteiger partial charge is 0.394 e. The van der Waals surface area contributed by atoms with Gasteiger partial charge in [0.1, 0.15) is 5.75 Å². The Kier molecular flexibility index (Phi) is 4.86. The number of benzene rings is 2. The molecular formula is C14H4F8O3. The molecule has 0 saturated carbocycles. The first-order valence-electron chi connectivity index (χ1n) is 6.11. The van der Waals surface area contributed by atoms with Crippen molar-refractivity contribution >= 4 is 6.16 Å². The maximum absolute atomic E-state index is 13.3. The van der Waals surface area contributed by atoms with E-state index in [4.69, 9.17) is 0 Å². The quantitative estimate of drug-likeness (QED) is 0.245. The Morgan fingerprint density at radius 1 is 0.760 bits per heavy atom. The van der Waals surface area contributed by atoms with Gasteiger partial charge in [0.2, 0.25) is 34.8 Å². The molecule has 0 N–H and O–H groups in total. The lowest BCUT2D eigenvalue weighted by molar-refractivity contribution is -0.138. The normalized spacial score (nSPS) is 11.4. The van der Waals surface area contributed by atoms with Crippen LogP contribution in [0.15, 0.2) is 24.3 Å². The third-order valence-corrected chi connectivity index (χ3v) is 2.74. The molecule has 2 rings (SSSR count). The molecule has 0 spiro atoms. The van der Waals surface area contributed by atoms with Crippen LogP contribution in [0.1, 0.15) is 5.56 Å². The zero-order valence-corrected chi connectivity index (χ0v) is 11.6. The van der Waals surface area contributed by atoms with Gasteiger partial charge in [-0.15, -0.1) is 0 Å². The summed E-state index contributed by atoms with van der Waals surface area (Å²) in [6.07, 6.45) is -7.08. The van der Waals surface area contributed by atoms with Gasteiger partial charge in [-0.3, -0.25) is 0 Å². The van der Waals surface area contributed by atoms with Gasteiger partial charge in [-0.05, 0) is 12.1 Å². The first-order chi connectivity index (χ1) is 11.5. The summed E-state index contributed by atoms with van der Waals surface area (Å²) in [6, 6.07) is 3.21. The summed E-state index contributed by atoms with van der Waals surface area (Å²) >= 11 is 0. The van der Waals surface area contributed by atoms with Crippen LogP contribution in [0.4, 0.5) is 39.9 Å². The SMILES string of the molecule is O=C(Oc1ccccc1C(F)(F)F)Oc1c(F)c(F)c(F)c(F)c1F. The second kappa shape index (κ2) is 6.57. The van der Waals surface area contributed by atoms with Crippen molar-refractivity contribution in [3.8, 4) is 11.5 Å². The van der Waals surface area contributed by atoms with E-state index in [-0.39, 0.29) is 0 Å². The number of carbonyl (C=O) groups is 1. The number of ether oxygens (including phenoxy) is 2. The highest BCUT2D eigenvalue weighted by Crippen LogP contribution is 2.36. The summed E-state index contributed by atoms with van der Waals surface area (Å²) in [5.41, 5.74) is -1.43. The second-order valence-corrected chi connectivity index (χ2v) is 4.35. The van der Waals surface area contributed by atoms with Crippen molar-refractivity contribution in [2.75, 3.05) is 0 Å². The number of para-hydroxylation sites is 1. The van der Waals surface area contributed by atoms with Crippen molar-refractivity contribution in [3.63, 3.8) is 0 Å². The fraction of sp³-hybridized carbons (Fsp3) is 0.0714. The van der Waals surface area contributed by atoms with Gasteiger partial charge in [0.25, 0.3) is 0 Å². The van der Waals surface area contributed by atoms with Crippen LogP contribution in [-0.2, 0) is 6.18 Å². The van der Waals surface area contributed by atoms with Gasteiger partial charge in [0, 0.05) is 0 Å². The monoisotopic (exact) mass is 372 g/mol. The summed E-state index contributed by atoms with van der Waals surface area (Å²) in [5, 5.41) is 0. The molecule has 2 aromatic carbocycles. The topological polar surface area (TPSA) is 35.5 Å². The van der Waals surface area contributed by atoms with Crippen LogP contribution in [-0.4, -0.2) is 6.16 Å². The van der Waals surface area contributed by atoms with Gasteiger partial charge in [0.05, 0.1) is 5.56 Å². The second-order valence-electron chi connectivity index (χ2n) is 4.35. The van der Waals surface area contributed by atoms with E-state index in [9.17, 15) is 39.9 Å². The highest BCUT2D eigenvalue weighted by Gasteiger charge is 2.35. The van der Waals surface area contributed by atoms with Crippen molar-refractivity contribution in [1.82, 2.24) is 0 Å². The molecule has 0 aliphatic carbocycles. The number of carbonyl (C=O) groups excluding carboxylic acids is 1. The van der Waals surface area contributed by atoms with Crippen LogP contribution in [0.25, 0.3) is 0 Å². The largest absolute Gasteiger partial charge is 0.519 e. The minimum atomic E-state index is -4.94. The van der Waals surface area contributed by atoms with Crippen molar-refractivity contribution in [1.29, 1.82) is 0 Å². The van der Waals surface area contributed by atoms with Crippen LogP contribution in [0, 0.1) is 29.1 Å². The average Bonchev–Trinajstić information content (AvgIpc) is 2.54. The molecule has 0 radical (unpaired) electrons. The van der Waals surface area contributed by atoms with Crippen LogP contribution in [0.5, 0.6) is 11.5 Å². The molecule has 0 bridgehead atoms. The first-order valence-corrected chi connectivity index (χ1v) is 6.11. The fourth-order valence-corrected chi connectivity index (χ4v) is 1.66. The molecule has 3 nitrogen and oxygen atoms in total. The average molecular weight is 372 g/mol. The molecule has 0 aromatic heterocycles. The van der Waals surface area contributed by atoms with E-state index in [1.165, 1.54) is 0 Å². The third kappa shape index (κ3) is 3.64. The molecule has 0 saturated heterocycles. The van der Waals surface area contributed by atoms with Crippen molar-refractivity contribution < 1.29 is 49.4 Å². The molecule has 2 aromatic rings. The maximum atomic E-state index is 13.3. The lowest BCUT2D eigenvalue weighted by Gasteiger charge is -2.13. The molecule has 0 amide bonds. The van der Waals surface area contributed by atoms with Gasteiger partial charge >= 0.3 is 12.3 Å². The summed E-state index contributed by atoms with van der Waals surface area (Å²) < 4.78 is 112. The number of hydrogen-bond acceptors (Lipinski definition) is 3. The summed E-state index contributed by atoms with van der Waals surface area (Å²) in [5.74, 6) is -15.4. The lowest BCUT2D eigenvalue weighted by atomic mass is 10.2. The third-order valence-electron chi connectivity index (χ3n) is 2.74. The van der Waals surface area contributed by atoms with E-state index >= 15 is 0 Å². The van der Waals surface area contributed by atoms with Crippen molar-refractivity contribution in [2.45, 2.75) is 6.18 Å². The number of rotatable bonds is 2. The molecular weight excluding hydrogens is 368 g/mol. The zero-order valence-electron chi connectivity index (χ0n) is 11.6. The van der Waals surface area contributed by atoms with Crippen LogP contribution in [0.2, 0.25) is 0 Å². The van der Waals surface area contributed by atoms with E-state index in [2.05, 4.69) is 9.47 Å². The van der Waals surface area contributed by atoms with Crippen LogP contribution in [0.3, 0.4) is 0 Å². The van der Waals surface area contributed by atoms with Crippen LogP contribution >= 0.6 is 0 Å². The predicted octanol–water partition coefficient (Wildman–Crippen LogP) is 4.98. The zero-order chi connectivity index (χ0) is 18.9. The summed E-state index contributed by atoms with van der Waals surface area (Å²) in [4.78, 5) is 11.4. The Labute approximate surface area is 133 Å². The van der Waals surface area contributed by atoms with Gasteiger partial charge < -0.3 is 9.47 Å². The Hall–Kier alpha value is -2.85. The Bertz CT molecular complexity index is 803. The molecule has 0 unspecified atom stereocenters. The van der Waals surface area contributed by atoms with Crippen molar-refractivity contribution in [2.24, 2.45) is 0 Å². The highest BCUT2D eigenvalue weighted by atomic mass is 19.4. The standard InChI is InChI=1S/C14H4F8O3/c15-7-8(16)10(18)12(11(19)9(7)17)25-13(23)24-6-4-2-1-3-5(6)14(20,21)22/h1-4H. The molecule has 11 heteroatoms. The van der Waals surface area contributed by atoms with E-state index in [1.54, 1.807) is 0 Å². The van der Waals surface area contributed by atoms with Crippen LogP contribution < -0.4 is 9.47 Å².